The topological polar surface area (TPSA) is 35.5 Å². The molecule has 0 fully saturated rings. The number of rotatable bonds is 3. The summed E-state index contributed by atoms with van der Waals surface area (Å²) in [4.78, 5) is 10.3. The predicted octanol–water partition coefficient (Wildman–Crippen LogP) is 2.38. The minimum atomic E-state index is 0.425. The van der Waals surface area contributed by atoms with Crippen molar-refractivity contribution in [3.8, 4) is 11.5 Å². The molecular weight excluding hydrogens is 192 g/mol. The minimum Gasteiger partial charge on any atom is -0.496 e. The van der Waals surface area contributed by atoms with Crippen LogP contribution in [0.4, 0.5) is 0 Å². The van der Waals surface area contributed by atoms with Crippen LogP contribution in [0.5, 0.6) is 11.5 Å². The summed E-state index contributed by atoms with van der Waals surface area (Å²) in [6.07, 6.45) is 0. The molecule has 0 aliphatic carbocycles. The number of carbonyl (C=O) groups is 1. The highest BCUT2D eigenvalue weighted by Gasteiger charge is 2.05. The maximum Gasteiger partial charge on any atom is 0.298 e. The van der Waals surface area contributed by atoms with Crippen LogP contribution in [-0.2, 0) is 4.79 Å². The Morgan fingerprint density at radius 3 is 2.20 bits per heavy atom. The monoisotopic (exact) mass is 202 g/mol. The molecule has 2 aromatic carbocycles. The second-order valence-corrected chi connectivity index (χ2v) is 3.03. The number of hydrogen-bond donors (Lipinski definition) is 0. The molecular formula is C12H10O3. The molecule has 0 saturated heterocycles. The SMILES string of the molecule is COc1ccc(OC=O)c2ccccc12. The van der Waals surface area contributed by atoms with Crippen LogP contribution in [0.2, 0.25) is 0 Å². The fourth-order valence-corrected chi connectivity index (χ4v) is 1.58. The van der Waals surface area contributed by atoms with Gasteiger partial charge in [-0.05, 0) is 12.1 Å². The lowest BCUT2D eigenvalue weighted by atomic mass is 10.1. The van der Waals surface area contributed by atoms with E-state index >= 15 is 0 Å². The van der Waals surface area contributed by atoms with Gasteiger partial charge in [0.2, 0.25) is 0 Å². The third kappa shape index (κ3) is 1.64. The number of ether oxygens (including phenoxy) is 2. The third-order valence-corrected chi connectivity index (χ3v) is 2.24. The first-order valence-electron chi connectivity index (χ1n) is 4.53. The van der Waals surface area contributed by atoms with Gasteiger partial charge in [-0.3, -0.25) is 4.79 Å². The van der Waals surface area contributed by atoms with Crippen LogP contribution in [0.1, 0.15) is 0 Å². The molecule has 0 amide bonds. The van der Waals surface area contributed by atoms with E-state index in [4.69, 9.17) is 9.47 Å². The van der Waals surface area contributed by atoms with Gasteiger partial charge in [-0.25, -0.2) is 0 Å². The van der Waals surface area contributed by atoms with Crippen LogP contribution in [0, 0.1) is 0 Å². The summed E-state index contributed by atoms with van der Waals surface area (Å²) in [6, 6.07) is 11.1. The van der Waals surface area contributed by atoms with Gasteiger partial charge in [0.15, 0.2) is 0 Å². The zero-order chi connectivity index (χ0) is 10.7. The van der Waals surface area contributed by atoms with Crippen LogP contribution in [0.25, 0.3) is 10.8 Å². The molecule has 3 heteroatoms. The third-order valence-electron chi connectivity index (χ3n) is 2.24. The predicted molar refractivity (Wildman–Crippen MR) is 57.2 cm³/mol. The lowest BCUT2D eigenvalue weighted by molar-refractivity contribution is -0.120. The van der Waals surface area contributed by atoms with Crippen molar-refractivity contribution in [2.24, 2.45) is 0 Å². The Bertz CT molecular complexity index is 491. The van der Waals surface area contributed by atoms with E-state index in [2.05, 4.69) is 0 Å². The first-order chi connectivity index (χ1) is 7.36. The molecule has 0 atom stereocenters. The van der Waals surface area contributed by atoms with Gasteiger partial charge < -0.3 is 9.47 Å². The van der Waals surface area contributed by atoms with E-state index in [-0.39, 0.29) is 0 Å². The van der Waals surface area contributed by atoms with Crippen LogP contribution < -0.4 is 9.47 Å². The number of hydrogen-bond acceptors (Lipinski definition) is 3. The zero-order valence-corrected chi connectivity index (χ0v) is 8.27. The quantitative estimate of drug-likeness (QED) is 0.717. The average Bonchev–Trinajstić information content (AvgIpc) is 2.30. The van der Waals surface area contributed by atoms with Crippen molar-refractivity contribution >= 4 is 17.2 Å². The van der Waals surface area contributed by atoms with Crippen molar-refractivity contribution in [2.45, 2.75) is 0 Å². The Morgan fingerprint density at radius 2 is 1.60 bits per heavy atom. The first kappa shape index (κ1) is 9.52. The fraction of sp³-hybridized carbons (Fsp3) is 0.0833. The Kier molecular flexibility index (Phi) is 2.54. The highest BCUT2D eigenvalue weighted by atomic mass is 16.5. The molecule has 15 heavy (non-hydrogen) atoms. The Morgan fingerprint density at radius 1 is 1.00 bits per heavy atom. The molecule has 0 heterocycles. The zero-order valence-electron chi connectivity index (χ0n) is 8.27. The van der Waals surface area contributed by atoms with Crippen molar-refractivity contribution in [2.75, 3.05) is 7.11 Å². The summed E-state index contributed by atoms with van der Waals surface area (Å²) < 4.78 is 10.1. The van der Waals surface area contributed by atoms with Gasteiger partial charge in [0.05, 0.1) is 7.11 Å². The summed E-state index contributed by atoms with van der Waals surface area (Å²) in [5.74, 6) is 1.31. The molecule has 0 unspecified atom stereocenters. The highest BCUT2D eigenvalue weighted by molar-refractivity contribution is 5.93. The van der Waals surface area contributed by atoms with Crippen LogP contribution in [0.3, 0.4) is 0 Å². The van der Waals surface area contributed by atoms with Crippen molar-refractivity contribution in [1.82, 2.24) is 0 Å². The second-order valence-electron chi connectivity index (χ2n) is 3.03. The molecule has 3 nitrogen and oxygen atoms in total. The molecule has 0 aliphatic heterocycles. The van der Waals surface area contributed by atoms with E-state index in [1.165, 1.54) is 0 Å². The van der Waals surface area contributed by atoms with Gasteiger partial charge >= 0.3 is 0 Å². The summed E-state index contributed by atoms with van der Waals surface area (Å²) >= 11 is 0. The van der Waals surface area contributed by atoms with Crippen molar-refractivity contribution in [3.05, 3.63) is 36.4 Å². The lowest BCUT2D eigenvalue weighted by Crippen LogP contribution is -1.91. The van der Waals surface area contributed by atoms with E-state index in [0.717, 1.165) is 16.5 Å². The van der Waals surface area contributed by atoms with Crippen molar-refractivity contribution < 1.29 is 14.3 Å². The van der Waals surface area contributed by atoms with Gasteiger partial charge in [0, 0.05) is 10.8 Å². The molecule has 0 spiro atoms. The van der Waals surface area contributed by atoms with E-state index in [1.54, 1.807) is 19.2 Å². The van der Waals surface area contributed by atoms with Crippen LogP contribution >= 0.6 is 0 Å². The second kappa shape index (κ2) is 4.00. The standard InChI is InChI=1S/C12H10O3/c1-14-11-6-7-12(15-8-13)10-5-3-2-4-9(10)11/h2-8H,1H3. The smallest absolute Gasteiger partial charge is 0.298 e. The fourth-order valence-electron chi connectivity index (χ4n) is 1.58. The van der Waals surface area contributed by atoms with E-state index in [1.807, 2.05) is 24.3 Å². The number of carbonyl (C=O) groups excluding carboxylic acids is 1. The molecule has 2 rings (SSSR count). The van der Waals surface area contributed by atoms with Crippen molar-refractivity contribution in [1.29, 1.82) is 0 Å². The normalized spacial score (nSPS) is 9.93. The molecule has 0 radical (unpaired) electrons. The average molecular weight is 202 g/mol. The first-order valence-corrected chi connectivity index (χ1v) is 4.53. The Hall–Kier alpha value is -2.03. The van der Waals surface area contributed by atoms with E-state index in [0.29, 0.717) is 12.2 Å². The molecule has 0 N–H and O–H groups in total. The van der Waals surface area contributed by atoms with Gasteiger partial charge in [0.1, 0.15) is 11.5 Å². The summed E-state index contributed by atoms with van der Waals surface area (Å²) in [5, 5.41) is 1.79. The molecule has 0 saturated carbocycles. The Labute approximate surface area is 87.2 Å². The molecule has 76 valence electrons. The van der Waals surface area contributed by atoms with E-state index < -0.39 is 0 Å². The molecule has 0 bridgehead atoms. The van der Waals surface area contributed by atoms with Gasteiger partial charge in [-0.1, -0.05) is 24.3 Å². The lowest BCUT2D eigenvalue weighted by Gasteiger charge is -2.08. The van der Waals surface area contributed by atoms with Gasteiger partial charge in [-0.15, -0.1) is 0 Å². The molecule has 2 aromatic rings. The summed E-state index contributed by atoms with van der Waals surface area (Å²) in [6.45, 7) is 0.425. The largest absolute Gasteiger partial charge is 0.496 e. The molecule has 0 aromatic heterocycles. The van der Waals surface area contributed by atoms with Gasteiger partial charge in [0.25, 0.3) is 6.47 Å². The van der Waals surface area contributed by atoms with Crippen molar-refractivity contribution in [3.63, 3.8) is 0 Å². The summed E-state index contributed by atoms with van der Waals surface area (Å²) in [5.41, 5.74) is 0. The maximum absolute atomic E-state index is 10.3. The highest BCUT2D eigenvalue weighted by Crippen LogP contribution is 2.32. The van der Waals surface area contributed by atoms with Crippen LogP contribution in [-0.4, -0.2) is 13.6 Å². The van der Waals surface area contributed by atoms with Crippen LogP contribution in [0.15, 0.2) is 36.4 Å². The molecule has 0 aliphatic rings. The van der Waals surface area contributed by atoms with Gasteiger partial charge in [-0.2, -0.15) is 0 Å². The number of fused-ring (bicyclic) bond motifs is 1. The maximum atomic E-state index is 10.3. The van der Waals surface area contributed by atoms with E-state index in [9.17, 15) is 4.79 Å². The minimum absolute atomic E-state index is 0.425. The Balaban J connectivity index is 2.71. The summed E-state index contributed by atoms with van der Waals surface area (Å²) in [7, 11) is 1.61. The number of benzene rings is 2. The number of methoxy groups -OCH3 is 1.